The Balaban J connectivity index is 1.66. The fourth-order valence-corrected chi connectivity index (χ4v) is 3.91. The summed E-state index contributed by atoms with van der Waals surface area (Å²) in [5.41, 5.74) is 0.217. The average molecular weight is 467 g/mol. The van der Waals surface area contributed by atoms with E-state index in [-0.39, 0.29) is 35.5 Å². The van der Waals surface area contributed by atoms with Gasteiger partial charge in [0.05, 0.1) is 24.2 Å². The topological polar surface area (TPSA) is 117 Å². The summed E-state index contributed by atoms with van der Waals surface area (Å²) in [5, 5.41) is 7.47. The molecule has 9 nitrogen and oxygen atoms in total. The van der Waals surface area contributed by atoms with E-state index in [0.717, 1.165) is 5.56 Å². The Hall–Kier alpha value is -4.03. The van der Waals surface area contributed by atoms with Gasteiger partial charge in [0.15, 0.2) is 0 Å². The number of benzene rings is 2. The van der Waals surface area contributed by atoms with Gasteiger partial charge in [-0.15, -0.1) is 0 Å². The predicted octanol–water partition coefficient (Wildman–Crippen LogP) is 1.29. The lowest BCUT2D eigenvalue weighted by Gasteiger charge is -2.26. The van der Waals surface area contributed by atoms with E-state index in [2.05, 4.69) is 27.8 Å². The third kappa shape index (κ3) is 4.08. The molecule has 1 saturated heterocycles. The maximum Gasteiger partial charge on any atom is 0.323 e. The van der Waals surface area contributed by atoms with E-state index in [1.165, 1.54) is 31.2 Å². The third-order valence-corrected chi connectivity index (χ3v) is 5.75. The number of fused-ring (bicyclic) bond motifs is 1. The van der Waals surface area contributed by atoms with Crippen LogP contribution in [0.25, 0.3) is 0 Å². The number of amides is 5. The van der Waals surface area contributed by atoms with Crippen LogP contribution in [0.3, 0.4) is 0 Å². The van der Waals surface area contributed by atoms with Crippen LogP contribution >= 0.6 is 11.6 Å². The van der Waals surface area contributed by atoms with Gasteiger partial charge >= 0.3 is 6.03 Å². The van der Waals surface area contributed by atoms with Crippen LogP contribution in [0.1, 0.15) is 31.8 Å². The summed E-state index contributed by atoms with van der Waals surface area (Å²) in [6, 6.07) is 9.06. The number of hydrogen-bond donors (Lipinski definition) is 3. The molecule has 3 N–H and O–H groups in total. The van der Waals surface area contributed by atoms with Crippen molar-refractivity contribution in [1.29, 1.82) is 0 Å². The lowest BCUT2D eigenvalue weighted by Crippen LogP contribution is -2.54. The number of nitrogens with zero attached hydrogens (tertiary/aromatic N) is 1. The smallest absolute Gasteiger partial charge is 0.323 e. The maximum atomic E-state index is 13.0. The van der Waals surface area contributed by atoms with Crippen LogP contribution in [0.4, 0.5) is 4.79 Å². The second-order valence-corrected chi connectivity index (χ2v) is 7.93. The Morgan fingerprint density at radius 3 is 2.70 bits per heavy atom. The van der Waals surface area contributed by atoms with Crippen LogP contribution in [-0.2, 0) is 11.3 Å². The SMILES string of the molecule is CNC(=O)c1cc(C#C[C@]2(CN3Cc4ccc(OC)cc4C3=O)NC(=O)NC2=O)ccc1Cl. The van der Waals surface area contributed by atoms with Crippen LogP contribution in [0.15, 0.2) is 36.4 Å². The summed E-state index contributed by atoms with van der Waals surface area (Å²) in [4.78, 5) is 51.1. The first-order valence-corrected chi connectivity index (χ1v) is 10.3. The number of carbonyl (C=O) groups is 4. The van der Waals surface area contributed by atoms with Crippen molar-refractivity contribution in [3.8, 4) is 17.6 Å². The molecule has 2 aromatic carbocycles. The van der Waals surface area contributed by atoms with E-state index in [4.69, 9.17) is 16.3 Å². The molecule has 2 aliphatic heterocycles. The standard InChI is InChI=1S/C23H19ClN4O5/c1-25-19(29)17-9-13(3-6-18(17)24)7-8-23(21(31)26-22(32)27-23)12-28-11-14-4-5-15(33-2)10-16(14)20(28)30/h3-6,9-10H,11-12H2,1-2H3,(H,25,29)(H2,26,27,31,32)/t23-/m1/s1. The van der Waals surface area contributed by atoms with Crippen molar-refractivity contribution in [3.05, 3.63) is 63.7 Å². The monoisotopic (exact) mass is 466 g/mol. The Morgan fingerprint density at radius 2 is 2.03 bits per heavy atom. The van der Waals surface area contributed by atoms with Gasteiger partial charge in [0.2, 0.25) is 5.54 Å². The molecular weight excluding hydrogens is 448 g/mol. The molecule has 1 fully saturated rings. The minimum absolute atomic E-state index is 0.163. The van der Waals surface area contributed by atoms with Crippen LogP contribution in [0.5, 0.6) is 5.75 Å². The normalized spacial score (nSPS) is 18.8. The van der Waals surface area contributed by atoms with Gasteiger partial charge in [0.1, 0.15) is 5.75 Å². The lowest BCUT2D eigenvalue weighted by atomic mass is 9.98. The van der Waals surface area contributed by atoms with Crippen molar-refractivity contribution in [2.75, 3.05) is 20.7 Å². The number of carbonyl (C=O) groups excluding carboxylic acids is 4. The largest absolute Gasteiger partial charge is 0.497 e. The average Bonchev–Trinajstić information content (AvgIpc) is 3.27. The highest BCUT2D eigenvalue weighted by Crippen LogP contribution is 2.28. The minimum atomic E-state index is -1.66. The number of halogens is 1. The third-order valence-electron chi connectivity index (χ3n) is 5.42. The van der Waals surface area contributed by atoms with E-state index >= 15 is 0 Å². The minimum Gasteiger partial charge on any atom is -0.497 e. The van der Waals surface area contributed by atoms with E-state index in [9.17, 15) is 19.2 Å². The number of methoxy groups -OCH3 is 1. The van der Waals surface area contributed by atoms with Gasteiger partial charge in [-0.2, -0.15) is 0 Å². The first-order chi connectivity index (χ1) is 15.8. The van der Waals surface area contributed by atoms with E-state index in [1.807, 2.05) is 0 Å². The van der Waals surface area contributed by atoms with Gasteiger partial charge in [-0.3, -0.25) is 19.7 Å². The van der Waals surface area contributed by atoms with Crippen molar-refractivity contribution >= 4 is 35.4 Å². The Labute approximate surface area is 194 Å². The molecule has 168 valence electrons. The molecule has 0 saturated carbocycles. The van der Waals surface area contributed by atoms with Gasteiger partial charge < -0.3 is 20.3 Å². The molecule has 1 atom stereocenters. The highest BCUT2D eigenvalue weighted by molar-refractivity contribution is 6.33. The van der Waals surface area contributed by atoms with E-state index in [1.54, 1.807) is 24.3 Å². The van der Waals surface area contributed by atoms with Crippen molar-refractivity contribution in [3.63, 3.8) is 0 Å². The zero-order chi connectivity index (χ0) is 23.8. The molecule has 0 radical (unpaired) electrons. The molecular formula is C23H19ClN4O5. The number of rotatable bonds is 4. The fraction of sp³-hybridized carbons (Fsp3) is 0.217. The molecule has 4 rings (SSSR count). The zero-order valence-electron chi connectivity index (χ0n) is 17.7. The Kier molecular flexibility index (Phi) is 5.70. The summed E-state index contributed by atoms with van der Waals surface area (Å²) >= 11 is 6.08. The van der Waals surface area contributed by atoms with Crippen LogP contribution in [0, 0.1) is 11.8 Å². The van der Waals surface area contributed by atoms with Crippen molar-refractivity contribution in [2.45, 2.75) is 12.1 Å². The number of urea groups is 1. The number of ether oxygens (including phenoxy) is 1. The van der Waals surface area contributed by atoms with Crippen LogP contribution in [-0.4, -0.2) is 54.9 Å². The molecule has 33 heavy (non-hydrogen) atoms. The van der Waals surface area contributed by atoms with Gasteiger partial charge in [0.25, 0.3) is 17.7 Å². The van der Waals surface area contributed by atoms with Crippen molar-refractivity contribution < 1.29 is 23.9 Å². The molecule has 2 heterocycles. The number of nitrogens with one attached hydrogen (secondary N) is 3. The summed E-state index contributed by atoms with van der Waals surface area (Å²) in [5.74, 6) is 4.83. The van der Waals surface area contributed by atoms with Crippen LogP contribution in [0.2, 0.25) is 5.02 Å². The summed E-state index contributed by atoms with van der Waals surface area (Å²) < 4.78 is 5.19. The predicted molar refractivity (Wildman–Crippen MR) is 119 cm³/mol. The van der Waals surface area contributed by atoms with E-state index in [0.29, 0.717) is 16.9 Å². The molecule has 2 aliphatic rings. The quantitative estimate of drug-likeness (QED) is 0.464. The molecule has 5 amide bonds. The Bertz CT molecular complexity index is 1270. The summed E-state index contributed by atoms with van der Waals surface area (Å²) in [7, 11) is 2.99. The summed E-state index contributed by atoms with van der Waals surface area (Å²) in [6.45, 7) is 0.0931. The van der Waals surface area contributed by atoms with Gasteiger partial charge in [0, 0.05) is 24.7 Å². The number of imide groups is 1. The second-order valence-electron chi connectivity index (χ2n) is 7.52. The van der Waals surface area contributed by atoms with Crippen molar-refractivity contribution in [1.82, 2.24) is 20.9 Å². The van der Waals surface area contributed by atoms with Crippen molar-refractivity contribution in [2.24, 2.45) is 0 Å². The number of hydrogen-bond acceptors (Lipinski definition) is 5. The van der Waals surface area contributed by atoms with Gasteiger partial charge in [-0.25, -0.2) is 4.79 Å². The molecule has 2 aromatic rings. The molecule has 0 spiro atoms. The highest BCUT2D eigenvalue weighted by Gasteiger charge is 2.48. The molecule has 0 aromatic heterocycles. The molecule has 10 heteroatoms. The van der Waals surface area contributed by atoms with Gasteiger partial charge in [-0.05, 0) is 35.9 Å². The highest BCUT2D eigenvalue weighted by atomic mass is 35.5. The first kappa shape index (κ1) is 22.2. The Morgan fingerprint density at radius 1 is 1.24 bits per heavy atom. The molecule has 0 unspecified atom stereocenters. The fourth-order valence-electron chi connectivity index (χ4n) is 3.70. The maximum absolute atomic E-state index is 13.0. The van der Waals surface area contributed by atoms with Crippen LogP contribution < -0.4 is 20.7 Å². The van der Waals surface area contributed by atoms with Gasteiger partial charge in [-0.1, -0.05) is 29.5 Å². The second kappa shape index (κ2) is 8.48. The zero-order valence-corrected chi connectivity index (χ0v) is 18.5. The first-order valence-electron chi connectivity index (χ1n) is 9.91. The molecule has 0 bridgehead atoms. The lowest BCUT2D eigenvalue weighted by molar-refractivity contribution is -0.122. The molecule has 0 aliphatic carbocycles. The van der Waals surface area contributed by atoms with E-state index < -0.39 is 17.5 Å². The summed E-state index contributed by atoms with van der Waals surface area (Å²) in [6.07, 6.45) is 0.